The summed E-state index contributed by atoms with van der Waals surface area (Å²) in [5, 5.41) is 13.6. The Bertz CT molecular complexity index is 951. The van der Waals surface area contributed by atoms with Crippen LogP contribution in [0.4, 0.5) is 5.82 Å². The van der Waals surface area contributed by atoms with Crippen LogP contribution in [0.3, 0.4) is 0 Å². The van der Waals surface area contributed by atoms with Gasteiger partial charge >= 0.3 is 0 Å². The normalized spacial score (nSPS) is 21.8. The molecule has 1 aliphatic heterocycles. The van der Waals surface area contributed by atoms with E-state index < -0.39 is 11.8 Å². The molecule has 2 atom stereocenters. The molecule has 3 N–H and O–H groups in total. The molecule has 0 spiro atoms. The van der Waals surface area contributed by atoms with E-state index in [1.165, 1.54) is 11.8 Å². The van der Waals surface area contributed by atoms with Gasteiger partial charge < -0.3 is 15.4 Å². The average molecular weight is 355 g/mol. The highest BCUT2D eigenvalue weighted by molar-refractivity contribution is 7.98. The predicted octanol–water partition coefficient (Wildman–Crippen LogP) is 2.62. The van der Waals surface area contributed by atoms with Crippen LogP contribution in [0.25, 0.3) is 0 Å². The number of phenols is 1. The van der Waals surface area contributed by atoms with Crippen molar-refractivity contribution in [2.45, 2.75) is 23.9 Å². The second-order valence-electron chi connectivity index (χ2n) is 6.18. The molecular weight excluding hydrogens is 338 g/mol. The van der Waals surface area contributed by atoms with Gasteiger partial charge in [-0.1, -0.05) is 30.0 Å². The van der Waals surface area contributed by atoms with Gasteiger partial charge in [-0.2, -0.15) is 0 Å². The Morgan fingerprint density at radius 2 is 2.12 bits per heavy atom. The summed E-state index contributed by atoms with van der Waals surface area (Å²) in [5.74, 6) is -0.229. The number of hydrogen-bond donors (Lipinski definition) is 3. The maximum atomic E-state index is 12.8. The molecule has 2 aliphatic rings. The van der Waals surface area contributed by atoms with Gasteiger partial charge in [0.15, 0.2) is 5.16 Å². The minimum Gasteiger partial charge on any atom is -0.508 e. The first kappa shape index (κ1) is 16.0. The van der Waals surface area contributed by atoms with E-state index in [1.807, 2.05) is 18.4 Å². The number of phenolic OH excluding ortho intramolecular Hbond substituents is 1. The molecule has 0 bridgehead atoms. The van der Waals surface area contributed by atoms with Crippen LogP contribution >= 0.6 is 11.8 Å². The van der Waals surface area contributed by atoms with Gasteiger partial charge in [0, 0.05) is 18.0 Å². The quantitative estimate of drug-likeness (QED) is 0.566. The van der Waals surface area contributed by atoms with Crippen LogP contribution in [0.15, 0.2) is 46.0 Å². The first-order valence-electron chi connectivity index (χ1n) is 8.05. The number of aromatic nitrogens is 2. The molecule has 1 aromatic heterocycles. The van der Waals surface area contributed by atoms with Crippen LogP contribution in [0.5, 0.6) is 5.75 Å². The molecule has 6 nitrogen and oxygen atoms in total. The van der Waals surface area contributed by atoms with Crippen molar-refractivity contribution in [3.8, 4) is 5.75 Å². The van der Waals surface area contributed by atoms with Crippen LogP contribution in [0.2, 0.25) is 0 Å². The van der Waals surface area contributed by atoms with Crippen LogP contribution in [-0.4, -0.2) is 27.1 Å². The number of hydrogen-bond acceptors (Lipinski definition) is 6. The zero-order chi connectivity index (χ0) is 17.6. The average Bonchev–Trinajstić information content (AvgIpc) is 2.60. The summed E-state index contributed by atoms with van der Waals surface area (Å²) in [4.78, 5) is 32.7. The van der Waals surface area contributed by atoms with E-state index in [0.717, 1.165) is 11.3 Å². The number of anilines is 1. The molecule has 0 saturated heterocycles. The lowest BCUT2D eigenvalue weighted by atomic mass is 9.72. The van der Waals surface area contributed by atoms with Gasteiger partial charge in [0.05, 0.1) is 11.5 Å². The maximum absolute atomic E-state index is 12.8. The Morgan fingerprint density at radius 3 is 2.88 bits per heavy atom. The third kappa shape index (κ3) is 2.64. The highest BCUT2D eigenvalue weighted by Crippen LogP contribution is 2.45. The summed E-state index contributed by atoms with van der Waals surface area (Å²) in [7, 11) is 0. The number of Topliss-reactive ketones (excluding diaryl/α,β-unsaturated/α-hetero) is 1. The fraction of sp³-hybridized carbons (Fsp3) is 0.278. The smallest absolute Gasteiger partial charge is 0.257 e. The summed E-state index contributed by atoms with van der Waals surface area (Å²) in [6.45, 7) is 0. The molecule has 128 valence electrons. The van der Waals surface area contributed by atoms with Crippen LogP contribution in [0.1, 0.15) is 29.9 Å². The number of carbonyl (C=O) groups excluding carboxylic acids is 1. The number of aromatic amines is 1. The summed E-state index contributed by atoms with van der Waals surface area (Å²) in [6.07, 6.45) is 4.98. The molecule has 2 aromatic rings. The molecule has 2 unspecified atom stereocenters. The predicted molar refractivity (Wildman–Crippen MR) is 96.0 cm³/mol. The van der Waals surface area contributed by atoms with E-state index in [2.05, 4.69) is 15.3 Å². The molecule has 0 fully saturated rings. The van der Waals surface area contributed by atoms with Gasteiger partial charge in [0.2, 0.25) is 0 Å². The van der Waals surface area contributed by atoms with Crippen LogP contribution in [0, 0.1) is 5.92 Å². The van der Waals surface area contributed by atoms with Crippen molar-refractivity contribution in [2.24, 2.45) is 5.92 Å². The zero-order valence-electron chi connectivity index (χ0n) is 13.6. The third-order valence-electron chi connectivity index (χ3n) is 4.70. The summed E-state index contributed by atoms with van der Waals surface area (Å²) in [6, 6.07) is 6.74. The Morgan fingerprint density at radius 1 is 1.28 bits per heavy atom. The third-order valence-corrected chi connectivity index (χ3v) is 5.28. The Hall–Kier alpha value is -2.54. The number of nitrogens with zero attached hydrogens (tertiary/aromatic N) is 1. The van der Waals surface area contributed by atoms with Gasteiger partial charge in [-0.25, -0.2) is 4.98 Å². The molecular formula is C18H17N3O3S. The summed E-state index contributed by atoms with van der Waals surface area (Å²) >= 11 is 1.35. The highest BCUT2D eigenvalue weighted by Gasteiger charge is 2.42. The van der Waals surface area contributed by atoms with Crippen molar-refractivity contribution in [3.63, 3.8) is 0 Å². The maximum Gasteiger partial charge on any atom is 0.257 e. The number of H-pyrrole nitrogens is 1. The van der Waals surface area contributed by atoms with E-state index in [0.29, 0.717) is 29.4 Å². The largest absolute Gasteiger partial charge is 0.508 e. The lowest BCUT2D eigenvalue weighted by Gasteiger charge is -2.36. The van der Waals surface area contributed by atoms with Crippen molar-refractivity contribution < 1.29 is 9.90 Å². The number of benzene rings is 1. The number of rotatable bonds is 2. The van der Waals surface area contributed by atoms with Gasteiger partial charge in [-0.3, -0.25) is 9.59 Å². The van der Waals surface area contributed by atoms with E-state index in [4.69, 9.17) is 0 Å². The molecule has 25 heavy (non-hydrogen) atoms. The minimum absolute atomic E-state index is 0.0948. The number of aromatic hydroxyl groups is 1. The monoisotopic (exact) mass is 355 g/mol. The lowest BCUT2D eigenvalue weighted by Crippen LogP contribution is -2.38. The second kappa shape index (κ2) is 6.07. The van der Waals surface area contributed by atoms with Gasteiger partial charge in [0.1, 0.15) is 17.4 Å². The van der Waals surface area contributed by atoms with E-state index in [-0.39, 0.29) is 17.1 Å². The highest BCUT2D eigenvalue weighted by atomic mass is 32.2. The van der Waals surface area contributed by atoms with Gasteiger partial charge in [-0.15, -0.1) is 0 Å². The molecule has 1 aromatic carbocycles. The zero-order valence-corrected chi connectivity index (χ0v) is 14.4. The van der Waals surface area contributed by atoms with E-state index >= 15 is 0 Å². The first-order valence-corrected chi connectivity index (χ1v) is 9.28. The second-order valence-corrected chi connectivity index (χ2v) is 6.97. The van der Waals surface area contributed by atoms with Gasteiger partial charge in [0.25, 0.3) is 5.56 Å². The number of ketones is 1. The van der Waals surface area contributed by atoms with Crippen molar-refractivity contribution in [3.05, 3.63) is 57.5 Å². The number of thioether (sulfide) groups is 1. The SMILES string of the molecule is CSc1nc2c(c(=O)[nH]1)C(c1cccc(O)c1)C1C(=O)CCC=C1N2. The van der Waals surface area contributed by atoms with Crippen molar-refractivity contribution >= 4 is 23.4 Å². The summed E-state index contributed by atoms with van der Waals surface area (Å²) in [5.41, 5.74) is 1.72. The van der Waals surface area contributed by atoms with Crippen molar-refractivity contribution in [1.82, 2.24) is 9.97 Å². The van der Waals surface area contributed by atoms with Crippen LogP contribution in [-0.2, 0) is 4.79 Å². The number of nitrogens with one attached hydrogen (secondary N) is 2. The lowest BCUT2D eigenvalue weighted by molar-refractivity contribution is -0.122. The molecule has 0 amide bonds. The standard InChI is InChI=1S/C18H17N3O3S/c1-25-18-20-16-15(17(24)21-18)13(9-4-2-5-10(22)8-9)14-11(19-16)6-3-7-12(14)23/h2,4-6,8,13-14,22H,3,7H2,1H3,(H2,19,20,21,24). The number of carbonyl (C=O) groups is 1. The molecule has 0 saturated carbocycles. The van der Waals surface area contributed by atoms with E-state index in [1.54, 1.807) is 18.2 Å². The molecule has 7 heteroatoms. The van der Waals surface area contributed by atoms with Crippen molar-refractivity contribution in [2.75, 3.05) is 11.6 Å². The minimum atomic E-state index is -0.463. The fourth-order valence-corrected chi connectivity index (χ4v) is 4.02. The Labute approximate surface area is 148 Å². The molecule has 2 heterocycles. The first-order chi connectivity index (χ1) is 12.1. The van der Waals surface area contributed by atoms with Crippen molar-refractivity contribution in [1.29, 1.82) is 0 Å². The summed E-state index contributed by atoms with van der Waals surface area (Å²) < 4.78 is 0. The molecule has 0 radical (unpaired) electrons. The fourth-order valence-electron chi connectivity index (χ4n) is 3.64. The number of fused-ring (bicyclic) bond motifs is 2. The molecule has 4 rings (SSSR count). The van der Waals surface area contributed by atoms with Crippen LogP contribution < -0.4 is 10.9 Å². The molecule has 1 aliphatic carbocycles. The Kier molecular flexibility index (Phi) is 3.88. The topological polar surface area (TPSA) is 95.1 Å². The van der Waals surface area contributed by atoms with E-state index in [9.17, 15) is 14.7 Å². The Balaban J connectivity index is 1.98. The van der Waals surface area contributed by atoms with Gasteiger partial charge in [-0.05, 0) is 30.4 Å². The number of allylic oxidation sites excluding steroid dienone is 2.